The Balaban J connectivity index is 2.40. The number of ether oxygens (including phenoxy) is 1. The zero-order valence-corrected chi connectivity index (χ0v) is 11.6. The summed E-state index contributed by atoms with van der Waals surface area (Å²) in [6.45, 7) is 5.44. The lowest BCUT2D eigenvalue weighted by molar-refractivity contribution is -0.151. The van der Waals surface area contributed by atoms with Gasteiger partial charge in [0, 0.05) is 11.4 Å². The molecule has 0 aliphatic rings. The predicted molar refractivity (Wildman–Crippen MR) is 72.8 cm³/mol. The Labute approximate surface area is 111 Å². The summed E-state index contributed by atoms with van der Waals surface area (Å²) in [6, 6.07) is 4.56. The van der Waals surface area contributed by atoms with Crippen LogP contribution in [-0.2, 0) is 15.3 Å². The maximum atomic E-state index is 13.4. The highest BCUT2D eigenvalue weighted by molar-refractivity contribution is 7.99. The standard InChI is InChI=1S/C13H18FNO2S/c1-13(2,3)17-12(16)8-18-7-9-4-5-10(15)6-11(9)14/h4-6H,7-8,15H2,1-3H3. The van der Waals surface area contributed by atoms with Gasteiger partial charge >= 0.3 is 5.97 Å². The number of nitrogen functional groups attached to an aromatic ring is 1. The van der Waals surface area contributed by atoms with Crippen LogP contribution in [-0.4, -0.2) is 17.3 Å². The molecule has 0 unspecified atom stereocenters. The maximum absolute atomic E-state index is 13.4. The van der Waals surface area contributed by atoms with Crippen molar-refractivity contribution in [1.82, 2.24) is 0 Å². The fourth-order valence-electron chi connectivity index (χ4n) is 1.30. The molecule has 1 aromatic carbocycles. The van der Waals surface area contributed by atoms with Crippen molar-refractivity contribution in [3.05, 3.63) is 29.6 Å². The van der Waals surface area contributed by atoms with Crippen LogP contribution in [0.5, 0.6) is 0 Å². The van der Waals surface area contributed by atoms with Crippen molar-refractivity contribution in [3.8, 4) is 0 Å². The maximum Gasteiger partial charge on any atom is 0.316 e. The molecule has 0 fully saturated rings. The lowest BCUT2D eigenvalue weighted by Gasteiger charge is -2.19. The molecule has 1 aromatic rings. The highest BCUT2D eigenvalue weighted by Gasteiger charge is 2.16. The molecule has 18 heavy (non-hydrogen) atoms. The Bertz CT molecular complexity index is 429. The van der Waals surface area contributed by atoms with Gasteiger partial charge in [0.05, 0.1) is 5.75 Å². The molecule has 0 aromatic heterocycles. The largest absolute Gasteiger partial charge is 0.459 e. The van der Waals surface area contributed by atoms with E-state index in [9.17, 15) is 9.18 Å². The van der Waals surface area contributed by atoms with E-state index in [1.54, 1.807) is 12.1 Å². The number of thioether (sulfide) groups is 1. The Kier molecular flexibility index (Phi) is 5.02. The fourth-order valence-corrected chi connectivity index (χ4v) is 2.08. The summed E-state index contributed by atoms with van der Waals surface area (Å²) in [7, 11) is 0. The molecule has 5 heteroatoms. The van der Waals surface area contributed by atoms with Gasteiger partial charge in [-0.05, 0) is 38.5 Å². The van der Waals surface area contributed by atoms with Gasteiger partial charge in [0.25, 0.3) is 0 Å². The topological polar surface area (TPSA) is 52.3 Å². The second kappa shape index (κ2) is 6.09. The SMILES string of the molecule is CC(C)(C)OC(=O)CSCc1ccc(N)cc1F. The number of hydrogen-bond acceptors (Lipinski definition) is 4. The smallest absolute Gasteiger partial charge is 0.316 e. The second-order valence-corrected chi connectivity index (χ2v) is 5.92. The predicted octanol–water partition coefficient (Wildman–Crippen LogP) is 2.98. The molecule has 0 aliphatic heterocycles. The number of carbonyl (C=O) groups is 1. The fraction of sp³-hybridized carbons (Fsp3) is 0.462. The Hall–Kier alpha value is -1.23. The summed E-state index contributed by atoms with van der Waals surface area (Å²) in [5, 5.41) is 0. The van der Waals surface area contributed by atoms with Crippen LogP contribution in [0.3, 0.4) is 0 Å². The van der Waals surface area contributed by atoms with Crippen molar-refractivity contribution in [2.24, 2.45) is 0 Å². The zero-order valence-electron chi connectivity index (χ0n) is 10.8. The summed E-state index contributed by atoms with van der Waals surface area (Å²) in [6.07, 6.45) is 0. The van der Waals surface area contributed by atoms with Crippen molar-refractivity contribution in [3.63, 3.8) is 0 Å². The van der Waals surface area contributed by atoms with Crippen LogP contribution in [0.4, 0.5) is 10.1 Å². The first-order valence-corrected chi connectivity index (χ1v) is 6.77. The van der Waals surface area contributed by atoms with Gasteiger partial charge in [-0.3, -0.25) is 4.79 Å². The molecule has 0 amide bonds. The Morgan fingerprint density at radius 2 is 2.11 bits per heavy atom. The van der Waals surface area contributed by atoms with Gasteiger partial charge in [0.1, 0.15) is 11.4 Å². The normalized spacial score (nSPS) is 11.3. The molecular formula is C13H18FNO2S. The molecule has 0 saturated carbocycles. The van der Waals surface area contributed by atoms with Crippen molar-refractivity contribution < 1.29 is 13.9 Å². The molecule has 0 atom stereocenters. The third-order valence-corrected chi connectivity index (χ3v) is 2.93. The summed E-state index contributed by atoms with van der Waals surface area (Å²) in [4.78, 5) is 11.4. The van der Waals surface area contributed by atoms with Crippen molar-refractivity contribution in [2.75, 3.05) is 11.5 Å². The number of esters is 1. The van der Waals surface area contributed by atoms with E-state index >= 15 is 0 Å². The minimum absolute atomic E-state index is 0.209. The van der Waals surface area contributed by atoms with Crippen molar-refractivity contribution in [2.45, 2.75) is 32.1 Å². The molecule has 0 aliphatic carbocycles. The summed E-state index contributed by atoms with van der Waals surface area (Å²) in [5.41, 5.74) is 5.91. The van der Waals surface area contributed by atoms with Gasteiger partial charge in [0.2, 0.25) is 0 Å². The molecule has 2 N–H and O–H groups in total. The van der Waals surface area contributed by atoms with Crippen molar-refractivity contribution >= 4 is 23.4 Å². The van der Waals surface area contributed by atoms with E-state index in [1.165, 1.54) is 17.8 Å². The number of nitrogens with two attached hydrogens (primary N) is 1. The van der Waals surface area contributed by atoms with Crippen LogP contribution in [0.15, 0.2) is 18.2 Å². The first-order chi connectivity index (χ1) is 8.28. The number of rotatable bonds is 4. The summed E-state index contributed by atoms with van der Waals surface area (Å²) >= 11 is 1.32. The number of carbonyl (C=O) groups excluding carboxylic acids is 1. The van der Waals surface area contributed by atoms with E-state index in [-0.39, 0.29) is 17.5 Å². The molecule has 100 valence electrons. The number of halogens is 1. The molecular weight excluding hydrogens is 253 g/mol. The second-order valence-electron chi connectivity index (χ2n) is 4.93. The van der Waals surface area contributed by atoms with E-state index < -0.39 is 5.60 Å². The van der Waals surface area contributed by atoms with Gasteiger partial charge in [-0.1, -0.05) is 6.07 Å². The highest BCUT2D eigenvalue weighted by atomic mass is 32.2. The molecule has 0 spiro atoms. The molecule has 3 nitrogen and oxygen atoms in total. The van der Waals surface area contributed by atoms with Gasteiger partial charge in [0.15, 0.2) is 0 Å². The summed E-state index contributed by atoms with van der Waals surface area (Å²) in [5.74, 6) is 0.00180. The monoisotopic (exact) mass is 271 g/mol. The van der Waals surface area contributed by atoms with Crippen molar-refractivity contribution in [1.29, 1.82) is 0 Å². The van der Waals surface area contributed by atoms with Crippen LogP contribution in [0.25, 0.3) is 0 Å². The lowest BCUT2D eigenvalue weighted by Crippen LogP contribution is -2.24. The quantitative estimate of drug-likeness (QED) is 0.675. The lowest BCUT2D eigenvalue weighted by atomic mass is 10.2. The molecule has 0 bridgehead atoms. The van der Waals surface area contributed by atoms with Gasteiger partial charge in [-0.2, -0.15) is 0 Å². The molecule has 1 rings (SSSR count). The van der Waals surface area contributed by atoms with E-state index in [0.29, 0.717) is 17.0 Å². The minimum atomic E-state index is -0.482. The summed E-state index contributed by atoms with van der Waals surface area (Å²) < 4.78 is 18.6. The minimum Gasteiger partial charge on any atom is -0.459 e. The zero-order chi connectivity index (χ0) is 13.8. The number of anilines is 1. The van der Waals surface area contributed by atoms with Crippen LogP contribution in [0, 0.1) is 5.82 Å². The first kappa shape index (κ1) is 14.8. The van der Waals surface area contributed by atoms with Crippen LogP contribution >= 0.6 is 11.8 Å². The average Bonchev–Trinajstić information content (AvgIpc) is 2.18. The Morgan fingerprint density at radius 3 is 2.67 bits per heavy atom. The number of hydrogen-bond donors (Lipinski definition) is 1. The Morgan fingerprint density at radius 1 is 1.44 bits per heavy atom. The van der Waals surface area contributed by atoms with Crippen LogP contribution in [0.2, 0.25) is 0 Å². The number of benzene rings is 1. The van der Waals surface area contributed by atoms with Gasteiger partial charge in [-0.15, -0.1) is 11.8 Å². The van der Waals surface area contributed by atoms with E-state index in [4.69, 9.17) is 10.5 Å². The third kappa shape index (κ3) is 5.40. The third-order valence-electron chi connectivity index (χ3n) is 1.97. The van der Waals surface area contributed by atoms with E-state index in [1.807, 2.05) is 20.8 Å². The van der Waals surface area contributed by atoms with Crippen LogP contribution in [0.1, 0.15) is 26.3 Å². The first-order valence-electron chi connectivity index (χ1n) is 5.61. The van der Waals surface area contributed by atoms with Crippen LogP contribution < -0.4 is 5.73 Å². The molecule has 0 radical (unpaired) electrons. The molecule has 0 saturated heterocycles. The average molecular weight is 271 g/mol. The highest BCUT2D eigenvalue weighted by Crippen LogP contribution is 2.19. The molecule has 0 heterocycles. The van der Waals surface area contributed by atoms with E-state index in [2.05, 4.69) is 0 Å². The van der Waals surface area contributed by atoms with E-state index in [0.717, 1.165) is 0 Å². The van der Waals surface area contributed by atoms with Gasteiger partial charge < -0.3 is 10.5 Å². The van der Waals surface area contributed by atoms with Gasteiger partial charge in [-0.25, -0.2) is 4.39 Å².